The van der Waals surface area contributed by atoms with E-state index in [1.165, 1.54) is 13.2 Å². The van der Waals surface area contributed by atoms with Crippen molar-refractivity contribution in [3.05, 3.63) is 52.4 Å². The van der Waals surface area contributed by atoms with Crippen molar-refractivity contribution in [3.63, 3.8) is 0 Å². The minimum Gasteiger partial charge on any atom is -0.497 e. The molecule has 21 heavy (non-hydrogen) atoms. The molecule has 2 aromatic rings. The lowest BCUT2D eigenvalue weighted by Gasteiger charge is -2.12. The lowest BCUT2D eigenvalue weighted by molar-refractivity contribution is 0.0965. The minimum atomic E-state index is -0.308. The van der Waals surface area contributed by atoms with Gasteiger partial charge < -0.3 is 9.64 Å². The van der Waals surface area contributed by atoms with Crippen LogP contribution in [-0.2, 0) is 6.54 Å². The van der Waals surface area contributed by atoms with E-state index >= 15 is 0 Å². The Kier molecular flexibility index (Phi) is 4.37. The fourth-order valence-corrected chi connectivity index (χ4v) is 1.81. The zero-order valence-electron chi connectivity index (χ0n) is 12.2. The van der Waals surface area contributed by atoms with Crippen molar-refractivity contribution in [1.29, 1.82) is 0 Å². The molecule has 0 unspecified atom stereocenters. The van der Waals surface area contributed by atoms with Crippen molar-refractivity contribution in [2.75, 3.05) is 26.1 Å². The van der Waals surface area contributed by atoms with E-state index in [1.54, 1.807) is 35.4 Å². The summed E-state index contributed by atoms with van der Waals surface area (Å²) in [4.78, 5) is 25.9. The van der Waals surface area contributed by atoms with E-state index in [0.717, 1.165) is 4.68 Å². The summed E-state index contributed by atoms with van der Waals surface area (Å²) in [6.07, 6.45) is 1.56. The Morgan fingerprint density at radius 1 is 1.33 bits per heavy atom. The number of Topliss-reactive ketones (excluding diaryl/α,β-unsaturated/α-hetero) is 1. The van der Waals surface area contributed by atoms with Gasteiger partial charge in [0, 0.05) is 25.7 Å². The zero-order chi connectivity index (χ0) is 15.4. The number of nitrogens with zero attached hydrogens (tertiary/aromatic N) is 3. The number of methoxy groups -OCH3 is 1. The summed E-state index contributed by atoms with van der Waals surface area (Å²) in [5.74, 6) is 0.408. The van der Waals surface area contributed by atoms with Crippen LogP contribution in [0.1, 0.15) is 10.4 Å². The minimum absolute atomic E-state index is 0.0975. The molecule has 0 atom stereocenters. The number of anilines is 1. The molecule has 0 aliphatic carbocycles. The molecule has 0 aliphatic heterocycles. The number of hydrogen-bond donors (Lipinski definition) is 0. The Labute approximate surface area is 122 Å². The van der Waals surface area contributed by atoms with Crippen molar-refractivity contribution in [2.24, 2.45) is 0 Å². The van der Waals surface area contributed by atoms with Gasteiger partial charge in [0.2, 0.25) is 0 Å². The van der Waals surface area contributed by atoms with Crippen LogP contribution in [0.5, 0.6) is 5.75 Å². The van der Waals surface area contributed by atoms with Gasteiger partial charge in [0.1, 0.15) is 12.3 Å². The van der Waals surface area contributed by atoms with Crippen LogP contribution < -0.4 is 15.2 Å². The maximum atomic E-state index is 12.2. The van der Waals surface area contributed by atoms with E-state index in [-0.39, 0.29) is 17.9 Å². The third-order valence-corrected chi connectivity index (χ3v) is 3.06. The summed E-state index contributed by atoms with van der Waals surface area (Å²) in [6, 6.07) is 8.27. The van der Waals surface area contributed by atoms with Gasteiger partial charge in [-0.3, -0.25) is 9.59 Å². The molecule has 1 aromatic carbocycles. The standard InChI is InChI=1S/C15H17N3O3/c1-17(2)12-8-15(20)18(16-9-12)10-14(19)11-5-4-6-13(7-11)21-3/h4-9H,10H2,1-3H3. The smallest absolute Gasteiger partial charge is 0.269 e. The molecule has 0 amide bonds. The molecule has 0 saturated carbocycles. The first-order valence-electron chi connectivity index (χ1n) is 6.43. The lowest BCUT2D eigenvalue weighted by atomic mass is 10.1. The number of carbonyl (C=O) groups excluding carboxylic acids is 1. The average Bonchev–Trinajstić information content (AvgIpc) is 2.49. The highest BCUT2D eigenvalue weighted by atomic mass is 16.5. The van der Waals surface area contributed by atoms with Crippen molar-refractivity contribution >= 4 is 11.5 Å². The van der Waals surface area contributed by atoms with E-state index in [1.807, 2.05) is 14.1 Å². The molecular weight excluding hydrogens is 270 g/mol. The van der Waals surface area contributed by atoms with Gasteiger partial charge in [-0.25, -0.2) is 4.68 Å². The third-order valence-electron chi connectivity index (χ3n) is 3.06. The second-order valence-electron chi connectivity index (χ2n) is 4.76. The number of ether oxygens (including phenoxy) is 1. The Morgan fingerprint density at radius 3 is 2.71 bits per heavy atom. The van der Waals surface area contributed by atoms with Gasteiger partial charge in [0.15, 0.2) is 5.78 Å². The van der Waals surface area contributed by atoms with Gasteiger partial charge in [-0.05, 0) is 12.1 Å². The molecular formula is C15H17N3O3. The van der Waals surface area contributed by atoms with Gasteiger partial charge >= 0.3 is 0 Å². The first kappa shape index (κ1) is 14.8. The van der Waals surface area contributed by atoms with Crippen LogP contribution in [0.4, 0.5) is 5.69 Å². The summed E-state index contributed by atoms with van der Waals surface area (Å²) in [5.41, 5.74) is 0.877. The van der Waals surface area contributed by atoms with Crippen LogP contribution >= 0.6 is 0 Å². The number of rotatable bonds is 5. The highest BCUT2D eigenvalue weighted by Crippen LogP contribution is 2.13. The Bertz CT molecular complexity index is 707. The zero-order valence-corrected chi connectivity index (χ0v) is 12.2. The molecule has 0 N–H and O–H groups in total. The number of carbonyl (C=O) groups is 1. The predicted molar refractivity (Wildman–Crippen MR) is 80.1 cm³/mol. The molecule has 0 radical (unpaired) electrons. The van der Waals surface area contributed by atoms with Crippen molar-refractivity contribution < 1.29 is 9.53 Å². The van der Waals surface area contributed by atoms with Crippen LogP contribution in [0.3, 0.4) is 0 Å². The number of aromatic nitrogens is 2. The predicted octanol–water partition coefficient (Wildman–Crippen LogP) is 1.20. The van der Waals surface area contributed by atoms with E-state index in [9.17, 15) is 9.59 Å². The van der Waals surface area contributed by atoms with Gasteiger partial charge in [-0.15, -0.1) is 0 Å². The molecule has 6 heteroatoms. The molecule has 0 spiro atoms. The molecule has 0 aliphatic rings. The molecule has 6 nitrogen and oxygen atoms in total. The maximum absolute atomic E-state index is 12.2. The molecule has 110 valence electrons. The van der Waals surface area contributed by atoms with E-state index < -0.39 is 0 Å². The quantitative estimate of drug-likeness (QED) is 0.773. The topological polar surface area (TPSA) is 64.4 Å². The first-order valence-corrected chi connectivity index (χ1v) is 6.43. The fraction of sp³-hybridized carbons (Fsp3) is 0.267. The highest BCUT2D eigenvalue weighted by Gasteiger charge is 2.10. The van der Waals surface area contributed by atoms with Crippen LogP contribution in [0.2, 0.25) is 0 Å². The van der Waals surface area contributed by atoms with Crippen LogP contribution in [-0.4, -0.2) is 36.8 Å². The lowest BCUT2D eigenvalue weighted by Crippen LogP contribution is -2.27. The van der Waals surface area contributed by atoms with Crippen molar-refractivity contribution in [3.8, 4) is 5.75 Å². The Morgan fingerprint density at radius 2 is 2.10 bits per heavy atom. The monoisotopic (exact) mass is 287 g/mol. The molecule has 2 rings (SSSR count). The summed E-state index contributed by atoms with van der Waals surface area (Å²) in [5, 5.41) is 4.02. The number of hydrogen-bond acceptors (Lipinski definition) is 5. The van der Waals surface area contributed by atoms with E-state index in [4.69, 9.17) is 4.74 Å². The molecule has 1 heterocycles. The highest BCUT2D eigenvalue weighted by molar-refractivity contribution is 5.96. The molecule has 1 aromatic heterocycles. The van der Waals surface area contributed by atoms with Gasteiger partial charge in [-0.1, -0.05) is 12.1 Å². The Balaban J connectivity index is 2.21. The Hall–Kier alpha value is -2.63. The van der Waals surface area contributed by atoms with Gasteiger partial charge in [0.25, 0.3) is 5.56 Å². The normalized spacial score (nSPS) is 10.2. The summed E-state index contributed by atoms with van der Waals surface area (Å²) in [7, 11) is 5.18. The van der Waals surface area contributed by atoms with Gasteiger partial charge in [-0.2, -0.15) is 5.10 Å². The van der Waals surface area contributed by atoms with Crippen molar-refractivity contribution in [1.82, 2.24) is 9.78 Å². The molecule has 0 fully saturated rings. The number of benzene rings is 1. The van der Waals surface area contributed by atoms with Crippen LogP contribution in [0.15, 0.2) is 41.3 Å². The fourth-order valence-electron chi connectivity index (χ4n) is 1.81. The van der Waals surface area contributed by atoms with Gasteiger partial charge in [0.05, 0.1) is 19.0 Å². The van der Waals surface area contributed by atoms with Crippen molar-refractivity contribution in [2.45, 2.75) is 6.54 Å². The molecule has 0 bridgehead atoms. The third kappa shape index (κ3) is 3.47. The second-order valence-corrected chi connectivity index (χ2v) is 4.76. The second kappa shape index (κ2) is 6.21. The van der Waals surface area contributed by atoms with E-state index in [2.05, 4.69) is 5.10 Å². The van der Waals surface area contributed by atoms with Crippen LogP contribution in [0.25, 0.3) is 0 Å². The van der Waals surface area contributed by atoms with Crippen LogP contribution in [0, 0.1) is 0 Å². The largest absolute Gasteiger partial charge is 0.497 e. The SMILES string of the molecule is COc1cccc(C(=O)Cn2ncc(N(C)C)cc2=O)c1. The van der Waals surface area contributed by atoms with E-state index in [0.29, 0.717) is 17.0 Å². The number of ketones is 1. The summed E-state index contributed by atoms with van der Waals surface area (Å²) in [6.45, 7) is -0.0975. The average molecular weight is 287 g/mol. The molecule has 0 saturated heterocycles. The summed E-state index contributed by atoms with van der Waals surface area (Å²) < 4.78 is 6.23. The summed E-state index contributed by atoms with van der Waals surface area (Å²) >= 11 is 0. The maximum Gasteiger partial charge on any atom is 0.269 e. The first-order chi connectivity index (χ1) is 10.0.